The summed E-state index contributed by atoms with van der Waals surface area (Å²) in [7, 11) is 0. The lowest BCUT2D eigenvalue weighted by Crippen LogP contribution is -2.82. The number of ketones is 2. The zero-order chi connectivity index (χ0) is 44.9. The minimum Gasteiger partial charge on any atom is -0.459 e. The Kier molecular flexibility index (Phi) is 12.7. The Labute approximate surface area is 355 Å². The number of unbranched alkanes of at least 4 members (excludes halogenated alkanes) is 1. The smallest absolute Gasteiger partial charge is 0.408 e. The van der Waals surface area contributed by atoms with Crippen LogP contribution >= 0.6 is 0 Å². The molecule has 332 valence electrons. The quantitative estimate of drug-likeness (QED) is 0.138. The first-order chi connectivity index (χ1) is 28.5. The molecule has 61 heavy (non-hydrogen) atoms. The molecule has 4 fully saturated rings. The second-order valence-electron chi connectivity index (χ2n) is 18.9. The Balaban J connectivity index is 1.47. The minimum absolute atomic E-state index is 0.0607. The highest BCUT2D eigenvalue weighted by atomic mass is 16.6. The molecule has 0 spiro atoms. The van der Waals surface area contributed by atoms with Crippen molar-refractivity contribution in [1.82, 2.24) is 5.32 Å². The first-order valence-electron chi connectivity index (χ1n) is 21.0. The molecule has 3 aliphatic carbocycles. The fourth-order valence-corrected chi connectivity index (χ4v) is 10.1. The molecule has 1 aliphatic heterocycles. The number of hydrogen-bond donors (Lipinski definition) is 4. The molecule has 2 aromatic carbocycles. The van der Waals surface area contributed by atoms with Gasteiger partial charge in [-0.25, -0.2) is 14.4 Å². The van der Waals surface area contributed by atoms with Gasteiger partial charge in [-0.1, -0.05) is 82.6 Å². The normalized spacial score (nSPS) is 33.8. The van der Waals surface area contributed by atoms with Crippen LogP contribution in [0.2, 0.25) is 0 Å². The number of Topliss-reactive ketones (excluding diaryl/α,β-unsaturated/α-hetero) is 2. The van der Waals surface area contributed by atoms with Crippen molar-refractivity contribution in [2.45, 2.75) is 141 Å². The number of carbonyl (C=O) groups is 6. The third-order valence-corrected chi connectivity index (χ3v) is 13.5. The van der Waals surface area contributed by atoms with E-state index in [1.54, 1.807) is 90.1 Å². The van der Waals surface area contributed by atoms with E-state index in [9.17, 15) is 44.1 Å². The van der Waals surface area contributed by atoms with Crippen molar-refractivity contribution in [3.63, 3.8) is 0 Å². The Hall–Kier alpha value is -4.70. The number of alkyl carbamates (subject to hydrolysis) is 1. The monoisotopic (exact) mass is 849 g/mol. The number of hydrogen-bond acceptors (Lipinski definition) is 14. The molecule has 12 atom stereocenters. The van der Waals surface area contributed by atoms with Crippen LogP contribution < -0.4 is 5.32 Å². The molecule has 2 bridgehead atoms. The number of nitrogens with one attached hydrogen (secondary N) is 1. The van der Waals surface area contributed by atoms with E-state index in [4.69, 9.17) is 23.7 Å². The maximum absolute atomic E-state index is 14.8. The van der Waals surface area contributed by atoms with E-state index in [2.05, 4.69) is 5.32 Å². The molecule has 1 saturated heterocycles. The zero-order valence-corrected chi connectivity index (χ0v) is 36.0. The van der Waals surface area contributed by atoms with Crippen molar-refractivity contribution in [3.8, 4) is 0 Å². The van der Waals surface area contributed by atoms with Crippen LogP contribution in [0.25, 0.3) is 0 Å². The van der Waals surface area contributed by atoms with Crippen LogP contribution in [0.3, 0.4) is 0 Å². The highest BCUT2D eigenvalue weighted by Gasteiger charge is 2.77. The summed E-state index contributed by atoms with van der Waals surface area (Å²) >= 11 is 0. The summed E-state index contributed by atoms with van der Waals surface area (Å²) in [6, 6.07) is 14.8. The van der Waals surface area contributed by atoms with Gasteiger partial charge in [0.05, 0.1) is 29.8 Å². The van der Waals surface area contributed by atoms with Gasteiger partial charge in [-0.3, -0.25) is 14.4 Å². The predicted octanol–water partition coefficient (Wildman–Crippen LogP) is 4.57. The molecule has 12 unspecified atom stereocenters. The number of benzene rings is 2. The number of esters is 3. The second kappa shape index (κ2) is 16.9. The van der Waals surface area contributed by atoms with Crippen LogP contribution in [0.1, 0.15) is 109 Å². The summed E-state index contributed by atoms with van der Waals surface area (Å²) in [6.07, 6.45) is -8.24. The summed E-state index contributed by atoms with van der Waals surface area (Å²) in [5.74, 6) is -8.84. The van der Waals surface area contributed by atoms with E-state index in [-0.39, 0.29) is 25.0 Å². The number of ether oxygens (including phenoxy) is 5. The third-order valence-electron chi connectivity index (χ3n) is 13.5. The summed E-state index contributed by atoms with van der Waals surface area (Å²) in [5, 5.41) is 40.2. The molecule has 3 saturated carbocycles. The Morgan fingerprint density at radius 1 is 0.951 bits per heavy atom. The van der Waals surface area contributed by atoms with Gasteiger partial charge in [0.1, 0.15) is 35.1 Å². The minimum atomic E-state index is -2.35. The van der Waals surface area contributed by atoms with Gasteiger partial charge in [0.15, 0.2) is 0 Å². The number of amides is 1. The van der Waals surface area contributed by atoms with E-state index in [0.29, 0.717) is 18.4 Å². The van der Waals surface area contributed by atoms with Gasteiger partial charge in [0, 0.05) is 42.4 Å². The van der Waals surface area contributed by atoms with Crippen LogP contribution in [0.5, 0.6) is 0 Å². The Morgan fingerprint density at radius 2 is 1.57 bits per heavy atom. The molecule has 2 aromatic rings. The third kappa shape index (κ3) is 8.21. The highest BCUT2D eigenvalue weighted by Crippen LogP contribution is 2.63. The summed E-state index contributed by atoms with van der Waals surface area (Å²) in [5.41, 5.74) is -8.48. The lowest BCUT2D eigenvalue weighted by Gasteiger charge is -2.67. The topological polar surface area (TPSA) is 221 Å². The molecule has 15 heteroatoms. The first kappa shape index (κ1) is 45.8. The predicted molar refractivity (Wildman–Crippen MR) is 216 cm³/mol. The van der Waals surface area contributed by atoms with Crippen LogP contribution in [0, 0.1) is 28.6 Å². The van der Waals surface area contributed by atoms with E-state index in [0.717, 1.165) is 0 Å². The van der Waals surface area contributed by atoms with Gasteiger partial charge >= 0.3 is 24.0 Å². The molecule has 6 rings (SSSR count). The lowest BCUT2D eigenvalue weighted by atomic mass is 9.42. The largest absolute Gasteiger partial charge is 0.459 e. The molecular formula is C46H59NO14. The van der Waals surface area contributed by atoms with Crippen molar-refractivity contribution in [1.29, 1.82) is 0 Å². The fourth-order valence-electron chi connectivity index (χ4n) is 10.1. The first-order valence-corrected chi connectivity index (χ1v) is 21.0. The van der Waals surface area contributed by atoms with Crippen molar-refractivity contribution < 1.29 is 67.8 Å². The average molecular weight is 850 g/mol. The lowest BCUT2D eigenvalue weighted by molar-refractivity contribution is -0.348. The maximum atomic E-state index is 14.8. The van der Waals surface area contributed by atoms with Gasteiger partial charge in [0.25, 0.3) is 0 Å². The summed E-state index contributed by atoms with van der Waals surface area (Å²) in [4.78, 5) is 85.1. The summed E-state index contributed by atoms with van der Waals surface area (Å²) < 4.78 is 29.5. The molecule has 4 aliphatic rings. The van der Waals surface area contributed by atoms with Gasteiger partial charge in [-0.15, -0.1) is 0 Å². The number of carbonyl (C=O) groups excluding carboxylic acids is 6. The van der Waals surface area contributed by atoms with Crippen LogP contribution in [0.15, 0.2) is 60.7 Å². The summed E-state index contributed by atoms with van der Waals surface area (Å²) in [6.45, 7) is 12.5. The van der Waals surface area contributed by atoms with E-state index < -0.39 is 124 Å². The molecule has 15 nitrogen and oxygen atoms in total. The molecule has 0 radical (unpaired) electrons. The van der Waals surface area contributed by atoms with Crippen LogP contribution in [0.4, 0.5) is 4.79 Å². The van der Waals surface area contributed by atoms with Gasteiger partial charge in [-0.2, -0.15) is 0 Å². The molecule has 4 N–H and O–H groups in total. The Morgan fingerprint density at radius 3 is 2.15 bits per heavy atom. The SMILES string of the molecule is CCCCC(=O)OC(C(=O)OC1CC2(O)C(OC(=O)c3ccccc3)C3C4(O)COC4CC(O)C3(C)C(=O)C(=O)C(C1C)C2(C)C)C(NC(=O)OC(C)(C)C)c1ccccc1. The molecule has 0 aromatic heterocycles. The van der Waals surface area contributed by atoms with Crippen molar-refractivity contribution in [2.75, 3.05) is 6.61 Å². The number of aliphatic hydroxyl groups is 3. The zero-order valence-electron chi connectivity index (χ0n) is 36.0. The van der Waals surface area contributed by atoms with Crippen LogP contribution in [-0.4, -0.2) is 105 Å². The molecule has 1 heterocycles. The average Bonchev–Trinajstić information content (AvgIpc) is 3.20. The van der Waals surface area contributed by atoms with Crippen molar-refractivity contribution in [2.24, 2.45) is 28.6 Å². The van der Waals surface area contributed by atoms with E-state index in [1.807, 2.05) is 6.92 Å². The Bertz CT molecular complexity index is 2000. The van der Waals surface area contributed by atoms with Gasteiger partial charge in [-0.05, 0) is 51.8 Å². The number of rotatable bonds is 11. The fraction of sp³-hybridized carbons (Fsp3) is 0.609. The van der Waals surface area contributed by atoms with Crippen molar-refractivity contribution in [3.05, 3.63) is 71.8 Å². The van der Waals surface area contributed by atoms with Crippen molar-refractivity contribution >= 4 is 35.6 Å². The van der Waals surface area contributed by atoms with E-state index >= 15 is 0 Å². The maximum Gasteiger partial charge on any atom is 0.408 e. The standard InChI is InChI=1S/C46H59NO14/c1-9-10-21-31(49)59-35(33(26-17-13-11-14-18-26)47-41(54)61-42(3,4)5)40(53)58-28-23-46(56)38(60-39(52)27-19-15-12-16-20-27)36-44(8,29(48)22-30-45(36,55)24-57-30)37(51)34(50)32(25(28)2)43(46,6)7/h11-20,25,28-30,32-33,35-36,38,48,55-56H,9-10,21-24H2,1-8H3,(H,47,54). The van der Waals surface area contributed by atoms with Gasteiger partial charge in [0.2, 0.25) is 17.7 Å². The van der Waals surface area contributed by atoms with Gasteiger partial charge < -0.3 is 44.3 Å². The number of fused-ring (bicyclic) bond motifs is 5. The highest BCUT2D eigenvalue weighted by molar-refractivity contribution is 6.40. The van der Waals surface area contributed by atoms with Crippen LogP contribution in [-0.2, 0) is 42.9 Å². The second-order valence-corrected chi connectivity index (χ2v) is 18.9. The molecular weight excluding hydrogens is 790 g/mol. The molecule has 1 amide bonds. The number of aliphatic hydroxyl groups excluding tert-OH is 1. The van der Waals surface area contributed by atoms with E-state index in [1.165, 1.54) is 19.1 Å².